The van der Waals surface area contributed by atoms with E-state index in [4.69, 9.17) is 9.47 Å². The molecule has 1 amide bonds. The van der Waals surface area contributed by atoms with Crippen LogP contribution >= 0.6 is 0 Å². The Hall–Kier alpha value is -2.68. The summed E-state index contributed by atoms with van der Waals surface area (Å²) in [6.07, 6.45) is -5.11. The molecule has 28 heavy (non-hydrogen) atoms. The molecule has 1 heterocycles. The Morgan fingerprint density at radius 3 is 2.68 bits per heavy atom. The van der Waals surface area contributed by atoms with Gasteiger partial charge in [0.25, 0.3) is 5.91 Å². The van der Waals surface area contributed by atoms with Crippen LogP contribution in [0.1, 0.15) is 15.9 Å². The standard InChI is InChI=1S/C19H16F5NO3/c20-16-6-2-5-15(17(16)21)18(26)25-7-8-27-14(10-25)11-28-13-4-1-3-12(9-13)19(22,23)24/h1-6,9,14H,7-8,10-11H2/t14-/m1/s1. The zero-order valence-corrected chi connectivity index (χ0v) is 14.5. The molecule has 0 N–H and O–H groups in total. The lowest BCUT2D eigenvalue weighted by molar-refractivity contribution is -0.137. The smallest absolute Gasteiger partial charge is 0.416 e. The number of ether oxygens (including phenoxy) is 2. The molecular formula is C19H16F5NO3. The van der Waals surface area contributed by atoms with Crippen LogP contribution < -0.4 is 4.74 Å². The summed E-state index contributed by atoms with van der Waals surface area (Å²) in [5.41, 5.74) is -1.23. The largest absolute Gasteiger partial charge is 0.491 e. The van der Waals surface area contributed by atoms with Gasteiger partial charge in [-0.15, -0.1) is 0 Å². The summed E-state index contributed by atoms with van der Waals surface area (Å²) in [7, 11) is 0. The quantitative estimate of drug-likeness (QED) is 0.730. The maximum atomic E-state index is 13.8. The van der Waals surface area contributed by atoms with Crippen molar-refractivity contribution in [1.29, 1.82) is 0 Å². The highest BCUT2D eigenvalue weighted by atomic mass is 19.4. The second-order valence-corrected chi connectivity index (χ2v) is 6.18. The molecule has 0 unspecified atom stereocenters. The highest BCUT2D eigenvalue weighted by molar-refractivity contribution is 5.94. The summed E-state index contributed by atoms with van der Waals surface area (Å²) in [4.78, 5) is 13.7. The first kappa shape index (κ1) is 20.1. The molecule has 1 aliphatic heterocycles. The van der Waals surface area contributed by atoms with Crippen molar-refractivity contribution in [3.63, 3.8) is 0 Å². The summed E-state index contributed by atoms with van der Waals surface area (Å²) < 4.78 is 76.2. The first-order chi connectivity index (χ1) is 13.3. The number of rotatable bonds is 4. The van der Waals surface area contributed by atoms with E-state index in [0.717, 1.165) is 18.2 Å². The lowest BCUT2D eigenvalue weighted by Crippen LogP contribution is -2.47. The minimum Gasteiger partial charge on any atom is -0.491 e. The molecule has 1 saturated heterocycles. The van der Waals surface area contributed by atoms with E-state index in [2.05, 4.69) is 0 Å². The number of benzene rings is 2. The van der Waals surface area contributed by atoms with E-state index in [0.29, 0.717) is 0 Å². The van der Waals surface area contributed by atoms with Crippen LogP contribution in [-0.4, -0.2) is 43.2 Å². The Labute approximate surface area is 157 Å². The average Bonchev–Trinajstić information content (AvgIpc) is 2.68. The zero-order chi connectivity index (χ0) is 20.3. The van der Waals surface area contributed by atoms with Gasteiger partial charge in [-0.25, -0.2) is 8.78 Å². The lowest BCUT2D eigenvalue weighted by Gasteiger charge is -2.33. The molecule has 0 aliphatic carbocycles. The molecule has 3 rings (SSSR count). The number of morpholine rings is 1. The molecule has 1 aliphatic rings. The fourth-order valence-corrected chi connectivity index (χ4v) is 2.80. The fourth-order valence-electron chi connectivity index (χ4n) is 2.80. The summed E-state index contributed by atoms with van der Waals surface area (Å²) in [6.45, 7) is 0.249. The molecule has 0 bridgehead atoms. The van der Waals surface area contributed by atoms with Crippen molar-refractivity contribution in [3.8, 4) is 5.75 Å². The van der Waals surface area contributed by atoms with Crippen LogP contribution in [0.3, 0.4) is 0 Å². The van der Waals surface area contributed by atoms with Gasteiger partial charge in [-0.2, -0.15) is 13.2 Å². The zero-order valence-electron chi connectivity index (χ0n) is 14.5. The molecular weight excluding hydrogens is 385 g/mol. The van der Waals surface area contributed by atoms with Gasteiger partial charge in [0.05, 0.1) is 24.3 Å². The lowest BCUT2D eigenvalue weighted by atomic mass is 10.1. The molecule has 1 atom stereocenters. The number of halogens is 5. The van der Waals surface area contributed by atoms with Crippen LogP contribution in [0.4, 0.5) is 22.0 Å². The minimum absolute atomic E-state index is 0.0121. The fraction of sp³-hybridized carbons (Fsp3) is 0.316. The van der Waals surface area contributed by atoms with Crippen molar-refractivity contribution in [2.24, 2.45) is 0 Å². The van der Waals surface area contributed by atoms with Gasteiger partial charge in [0, 0.05) is 6.54 Å². The topological polar surface area (TPSA) is 38.8 Å². The summed E-state index contributed by atoms with van der Waals surface area (Å²) in [5.74, 6) is -3.03. The van der Waals surface area contributed by atoms with Crippen molar-refractivity contribution in [2.45, 2.75) is 12.3 Å². The Kier molecular flexibility index (Phi) is 5.83. The van der Waals surface area contributed by atoms with Crippen molar-refractivity contribution < 1.29 is 36.2 Å². The van der Waals surface area contributed by atoms with Gasteiger partial charge >= 0.3 is 6.18 Å². The third kappa shape index (κ3) is 4.59. The van der Waals surface area contributed by atoms with Crippen LogP contribution in [0.15, 0.2) is 42.5 Å². The number of nitrogens with zero attached hydrogens (tertiary/aromatic N) is 1. The van der Waals surface area contributed by atoms with Gasteiger partial charge in [-0.1, -0.05) is 12.1 Å². The van der Waals surface area contributed by atoms with Crippen molar-refractivity contribution in [1.82, 2.24) is 4.90 Å². The van der Waals surface area contributed by atoms with Crippen LogP contribution in [-0.2, 0) is 10.9 Å². The molecule has 150 valence electrons. The Morgan fingerprint density at radius 1 is 1.18 bits per heavy atom. The van der Waals surface area contributed by atoms with Crippen LogP contribution in [0.2, 0.25) is 0 Å². The van der Waals surface area contributed by atoms with Gasteiger partial charge in [-0.05, 0) is 30.3 Å². The summed E-state index contributed by atoms with van der Waals surface area (Å²) in [6, 6.07) is 7.74. The minimum atomic E-state index is -4.49. The third-order valence-corrected chi connectivity index (χ3v) is 4.21. The van der Waals surface area contributed by atoms with Crippen LogP contribution in [0.25, 0.3) is 0 Å². The number of hydrogen-bond acceptors (Lipinski definition) is 3. The van der Waals surface area contributed by atoms with Gasteiger partial charge in [-0.3, -0.25) is 4.79 Å². The van der Waals surface area contributed by atoms with Crippen LogP contribution in [0, 0.1) is 11.6 Å². The van der Waals surface area contributed by atoms with Gasteiger partial charge in [0.15, 0.2) is 11.6 Å². The van der Waals surface area contributed by atoms with Crippen molar-refractivity contribution in [2.75, 3.05) is 26.3 Å². The first-order valence-corrected chi connectivity index (χ1v) is 8.40. The second kappa shape index (κ2) is 8.14. The summed E-state index contributed by atoms with van der Waals surface area (Å²) in [5, 5.41) is 0. The molecule has 0 radical (unpaired) electrons. The highest BCUT2D eigenvalue weighted by Gasteiger charge is 2.31. The van der Waals surface area contributed by atoms with Gasteiger partial charge < -0.3 is 14.4 Å². The maximum absolute atomic E-state index is 13.8. The number of carbonyl (C=O) groups is 1. The van der Waals surface area contributed by atoms with Crippen LogP contribution in [0.5, 0.6) is 5.75 Å². The Morgan fingerprint density at radius 2 is 1.93 bits per heavy atom. The normalized spacial score (nSPS) is 17.5. The predicted octanol–water partition coefficient (Wildman–Crippen LogP) is 3.90. The molecule has 2 aromatic rings. The molecule has 0 spiro atoms. The molecule has 0 saturated carbocycles. The van der Waals surface area contributed by atoms with Gasteiger partial charge in [0.2, 0.25) is 0 Å². The highest BCUT2D eigenvalue weighted by Crippen LogP contribution is 2.31. The first-order valence-electron chi connectivity index (χ1n) is 8.40. The molecule has 4 nitrogen and oxygen atoms in total. The van der Waals surface area contributed by atoms with Crippen molar-refractivity contribution in [3.05, 3.63) is 65.2 Å². The van der Waals surface area contributed by atoms with E-state index >= 15 is 0 Å². The monoisotopic (exact) mass is 401 g/mol. The number of carbonyl (C=O) groups excluding carboxylic acids is 1. The molecule has 2 aromatic carbocycles. The van der Waals surface area contributed by atoms with E-state index < -0.39 is 35.4 Å². The molecule has 9 heteroatoms. The number of amides is 1. The maximum Gasteiger partial charge on any atom is 0.416 e. The van der Waals surface area contributed by atoms with E-state index in [-0.39, 0.29) is 37.6 Å². The molecule has 0 aromatic heterocycles. The third-order valence-electron chi connectivity index (χ3n) is 4.21. The number of hydrogen-bond donors (Lipinski definition) is 0. The average molecular weight is 401 g/mol. The second-order valence-electron chi connectivity index (χ2n) is 6.18. The SMILES string of the molecule is O=C(c1cccc(F)c1F)N1CCO[C@@H](COc2cccc(C(F)(F)F)c2)C1. The van der Waals surface area contributed by atoms with Gasteiger partial charge in [0.1, 0.15) is 18.5 Å². The predicted molar refractivity (Wildman–Crippen MR) is 88.9 cm³/mol. The summed E-state index contributed by atoms with van der Waals surface area (Å²) >= 11 is 0. The Bertz CT molecular complexity index is 856. The van der Waals surface area contributed by atoms with E-state index in [1.165, 1.54) is 29.2 Å². The van der Waals surface area contributed by atoms with Crippen molar-refractivity contribution >= 4 is 5.91 Å². The van der Waals surface area contributed by atoms with E-state index in [1.54, 1.807) is 0 Å². The van der Waals surface area contributed by atoms with E-state index in [1.807, 2.05) is 0 Å². The Balaban J connectivity index is 1.63. The number of alkyl halides is 3. The molecule has 1 fully saturated rings. The van der Waals surface area contributed by atoms with E-state index in [9.17, 15) is 26.7 Å².